The molecule has 0 fully saturated rings. The fourth-order valence-electron chi connectivity index (χ4n) is 2.11. The minimum atomic E-state index is -0.682. The summed E-state index contributed by atoms with van der Waals surface area (Å²) in [7, 11) is 3.01. The number of hydrogen-bond donors (Lipinski definition) is 1. The summed E-state index contributed by atoms with van der Waals surface area (Å²) < 4.78 is 15.9. The molecule has 0 spiro atoms. The van der Waals surface area contributed by atoms with Crippen molar-refractivity contribution in [2.45, 2.75) is 45.1 Å². The van der Waals surface area contributed by atoms with Crippen molar-refractivity contribution >= 4 is 29.1 Å². The molecule has 0 aromatic heterocycles. The Bertz CT molecular complexity index is 638. The number of rotatable bonds is 10. The van der Waals surface area contributed by atoms with Crippen LogP contribution in [0.15, 0.2) is 59.3 Å². The Morgan fingerprint density at radius 1 is 1.36 bits per heavy atom. The molecule has 7 heteroatoms. The molecule has 0 saturated carbocycles. The summed E-state index contributed by atoms with van der Waals surface area (Å²) in [5.74, 6) is 1.03. The Balaban J connectivity index is 0.00000352. The molecule has 0 aromatic carbocycles. The van der Waals surface area contributed by atoms with Gasteiger partial charge in [-0.25, -0.2) is 0 Å². The van der Waals surface area contributed by atoms with Crippen molar-refractivity contribution < 1.29 is 19.0 Å². The summed E-state index contributed by atoms with van der Waals surface area (Å²) in [5, 5.41) is 3.15. The third kappa shape index (κ3) is 8.89. The highest BCUT2D eigenvalue weighted by Crippen LogP contribution is 2.27. The molecule has 1 rings (SSSR count). The fourth-order valence-corrected chi connectivity index (χ4v) is 2.69. The summed E-state index contributed by atoms with van der Waals surface area (Å²) >= 11 is 12.2. The molecular weight excluding hydrogens is 401 g/mol. The number of hydrogen-bond acceptors (Lipinski definition) is 4. The second-order valence-electron chi connectivity index (χ2n) is 5.55. The molecule has 5 nitrogen and oxygen atoms in total. The van der Waals surface area contributed by atoms with Crippen molar-refractivity contribution in [2.24, 2.45) is 0 Å². The summed E-state index contributed by atoms with van der Waals surface area (Å²) in [6.07, 6.45) is 5.41. The maximum Gasteiger partial charge on any atom is 0.261 e. The van der Waals surface area contributed by atoms with E-state index in [-0.39, 0.29) is 17.8 Å². The van der Waals surface area contributed by atoms with Crippen LogP contribution in [0.5, 0.6) is 0 Å². The molecule has 1 amide bonds. The number of allylic oxidation sites excluding steroid dienone is 4. The second-order valence-corrected chi connectivity index (χ2v) is 6.57. The van der Waals surface area contributed by atoms with Gasteiger partial charge in [0.05, 0.1) is 24.6 Å². The van der Waals surface area contributed by atoms with Crippen LogP contribution in [-0.4, -0.2) is 38.2 Å². The number of methoxy groups -OCH3 is 2. The number of ether oxygens (including phenoxy) is 3. The van der Waals surface area contributed by atoms with Gasteiger partial charge in [0, 0.05) is 18.5 Å². The van der Waals surface area contributed by atoms with Crippen molar-refractivity contribution in [3.8, 4) is 0 Å². The lowest BCUT2D eigenvalue weighted by Crippen LogP contribution is -2.37. The van der Waals surface area contributed by atoms with Gasteiger partial charge in [0.15, 0.2) is 6.10 Å². The Labute approximate surface area is 178 Å². The number of alkyl halides is 1. The zero-order chi connectivity index (χ0) is 21.7. The van der Waals surface area contributed by atoms with Crippen LogP contribution >= 0.6 is 23.2 Å². The zero-order valence-electron chi connectivity index (χ0n) is 17.3. The van der Waals surface area contributed by atoms with Crippen molar-refractivity contribution in [1.29, 1.82) is 0 Å². The molecule has 1 N–H and O–H groups in total. The predicted molar refractivity (Wildman–Crippen MR) is 116 cm³/mol. The van der Waals surface area contributed by atoms with E-state index in [4.69, 9.17) is 37.4 Å². The van der Waals surface area contributed by atoms with Gasteiger partial charge in [-0.2, -0.15) is 0 Å². The van der Waals surface area contributed by atoms with Gasteiger partial charge in [0.2, 0.25) is 0 Å². The number of amides is 1. The highest BCUT2D eigenvalue weighted by atomic mass is 35.5. The quantitative estimate of drug-likeness (QED) is 0.293. The van der Waals surface area contributed by atoms with Crippen molar-refractivity contribution in [1.82, 2.24) is 5.32 Å². The van der Waals surface area contributed by atoms with E-state index in [1.54, 1.807) is 18.2 Å². The average Bonchev–Trinajstić information content (AvgIpc) is 2.70. The lowest BCUT2D eigenvalue weighted by Gasteiger charge is -2.22. The minimum absolute atomic E-state index is 0.162. The standard InChI is InChI=1S/C19H25Cl2NO4.C2H6/c1-6-17(26-18-8-7-15(20)10-16(18)21)19(23)22-11-14(13(3)25-5)9-12(2)24-4;1-2/h7-9,15,17H,2-3,6,10-11H2,1,4-5H3,(H,22,23);1-2H3/b14-9-;. The van der Waals surface area contributed by atoms with Crippen LogP contribution in [0.1, 0.15) is 33.6 Å². The molecule has 1 aliphatic carbocycles. The van der Waals surface area contributed by atoms with Crippen molar-refractivity contribution in [3.63, 3.8) is 0 Å². The van der Waals surface area contributed by atoms with E-state index in [0.717, 1.165) is 0 Å². The van der Waals surface area contributed by atoms with Gasteiger partial charge in [-0.15, -0.1) is 11.6 Å². The average molecular weight is 432 g/mol. The van der Waals surface area contributed by atoms with Gasteiger partial charge < -0.3 is 19.5 Å². The number of carbonyl (C=O) groups excluding carboxylic acids is 1. The monoisotopic (exact) mass is 431 g/mol. The van der Waals surface area contributed by atoms with E-state index >= 15 is 0 Å². The molecule has 28 heavy (non-hydrogen) atoms. The summed E-state index contributed by atoms with van der Waals surface area (Å²) in [5.41, 5.74) is 0.641. The lowest BCUT2D eigenvalue weighted by atomic mass is 10.1. The smallest absolute Gasteiger partial charge is 0.261 e. The molecule has 0 radical (unpaired) electrons. The van der Waals surface area contributed by atoms with Crippen molar-refractivity contribution in [2.75, 3.05) is 20.8 Å². The molecular formula is C21H31Cl2NO4. The van der Waals surface area contributed by atoms with E-state index in [1.165, 1.54) is 14.2 Å². The first-order chi connectivity index (χ1) is 13.3. The van der Waals surface area contributed by atoms with E-state index in [1.807, 2.05) is 20.8 Å². The van der Waals surface area contributed by atoms with Gasteiger partial charge in [-0.05, 0) is 18.6 Å². The Morgan fingerprint density at radius 2 is 2.00 bits per heavy atom. The van der Waals surface area contributed by atoms with Gasteiger partial charge in [0.1, 0.15) is 17.3 Å². The minimum Gasteiger partial charge on any atom is -0.497 e. The van der Waals surface area contributed by atoms with Crippen LogP contribution in [0.2, 0.25) is 0 Å². The maximum atomic E-state index is 12.5. The van der Waals surface area contributed by atoms with Crippen molar-refractivity contribution in [3.05, 3.63) is 59.3 Å². The number of carbonyl (C=O) groups is 1. The largest absolute Gasteiger partial charge is 0.497 e. The van der Waals surface area contributed by atoms with Gasteiger partial charge in [0.25, 0.3) is 5.91 Å². The van der Waals surface area contributed by atoms with Crippen LogP contribution in [0.3, 0.4) is 0 Å². The molecule has 2 unspecified atom stereocenters. The second kappa shape index (κ2) is 14.2. The van der Waals surface area contributed by atoms with E-state index in [9.17, 15) is 4.79 Å². The molecule has 0 bridgehead atoms. The molecule has 0 saturated heterocycles. The van der Waals surface area contributed by atoms with E-state index in [0.29, 0.717) is 40.7 Å². The molecule has 158 valence electrons. The normalized spacial score (nSPS) is 17.1. The van der Waals surface area contributed by atoms with Gasteiger partial charge in [-0.1, -0.05) is 51.6 Å². The molecule has 1 aliphatic rings. The van der Waals surface area contributed by atoms with Crippen LogP contribution in [0, 0.1) is 0 Å². The van der Waals surface area contributed by atoms with Crippen LogP contribution in [0.4, 0.5) is 0 Å². The third-order valence-electron chi connectivity index (χ3n) is 3.69. The predicted octanol–water partition coefficient (Wildman–Crippen LogP) is 5.19. The van der Waals surface area contributed by atoms with Gasteiger partial charge >= 0.3 is 0 Å². The Morgan fingerprint density at radius 3 is 2.50 bits per heavy atom. The number of halogens is 2. The third-order valence-corrected chi connectivity index (χ3v) is 4.33. The number of nitrogens with one attached hydrogen (secondary N) is 1. The first-order valence-corrected chi connectivity index (χ1v) is 9.95. The maximum absolute atomic E-state index is 12.5. The molecule has 2 atom stereocenters. The fraction of sp³-hybridized carbons (Fsp3) is 0.476. The summed E-state index contributed by atoms with van der Waals surface area (Å²) in [6.45, 7) is 13.6. The SMILES string of the molecule is C=C(/C=C(/CNC(=O)C(CC)OC1=C(Cl)CC(Cl)C=C1)C(=C)OC)OC.CC. The van der Waals surface area contributed by atoms with Crippen LogP contribution < -0.4 is 5.32 Å². The van der Waals surface area contributed by atoms with Crippen LogP contribution in [-0.2, 0) is 19.0 Å². The first-order valence-electron chi connectivity index (χ1n) is 9.14. The Hall–Kier alpha value is -1.85. The first kappa shape index (κ1) is 26.1. The highest BCUT2D eigenvalue weighted by Gasteiger charge is 2.22. The molecule has 0 aromatic rings. The van der Waals surface area contributed by atoms with E-state index < -0.39 is 6.10 Å². The topological polar surface area (TPSA) is 56.8 Å². The summed E-state index contributed by atoms with van der Waals surface area (Å²) in [6, 6.07) is 0. The van der Waals surface area contributed by atoms with Gasteiger partial charge in [-0.3, -0.25) is 4.79 Å². The highest BCUT2D eigenvalue weighted by molar-refractivity contribution is 6.31. The molecule has 0 aliphatic heterocycles. The zero-order valence-corrected chi connectivity index (χ0v) is 18.8. The lowest BCUT2D eigenvalue weighted by molar-refractivity contribution is -0.130. The molecule has 0 heterocycles. The Kier molecular flexibility index (Phi) is 13.3. The van der Waals surface area contributed by atoms with E-state index in [2.05, 4.69) is 18.5 Å². The van der Waals surface area contributed by atoms with Crippen LogP contribution in [0.25, 0.3) is 0 Å². The summed E-state index contributed by atoms with van der Waals surface area (Å²) in [4.78, 5) is 12.5.